The number of nitrogens with one attached hydrogen (secondary N) is 1. The molecule has 1 aromatic heterocycles. The largest absolute Gasteiger partial charge is 0.371 e. The fraction of sp³-hybridized carbons (Fsp3) is 0.706. The maximum absolute atomic E-state index is 4.36. The summed E-state index contributed by atoms with van der Waals surface area (Å²) in [7, 11) is 0. The van der Waals surface area contributed by atoms with Crippen LogP contribution in [0.25, 0.3) is 0 Å². The number of nitrogens with zero attached hydrogens (tertiary/aromatic N) is 3. The Morgan fingerprint density at radius 3 is 2.67 bits per heavy atom. The van der Waals surface area contributed by atoms with Crippen LogP contribution >= 0.6 is 0 Å². The normalized spacial score (nSPS) is 20.9. The van der Waals surface area contributed by atoms with Crippen molar-refractivity contribution in [3.05, 3.63) is 18.3 Å². The van der Waals surface area contributed by atoms with Crippen LogP contribution in [0.4, 0.5) is 11.5 Å². The van der Waals surface area contributed by atoms with Gasteiger partial charge in [0.1, 0.15) is 5.82 Å². The van der Waals surface area contributed by atoms with Crippen molar-refractivity contribution >= 4 is 11.5 Å². The molecule has 0 saturated carbocycles. The van der Waals surface area contributed by atoms with Gasteiger partial charge in [-0.05, 0) is 57.7 Å². The van der Waals surface area contributed by atoms with Gasteiger partial charge in [-0.3, -0.25) is 0 Å². The zero-order valence-corrected chi connectivity index (χ0v) is 13.2. The van der Waals surface area contributed by atoms with E-state index >= 15 is 0 Å². The van der Waals surface area contributed by atoms with Crippen LogP contribution in [0.15, 0.2) is 18.3 Å². The Hall–Kier alpha value is -1.29. The van der Waals surface area contributed by atoms with Crippen molar-refractivity contribution in [1.82, 2.24) is 9.88 Å². The van der Waals surface area contributed by atoms with Gasteiger partial charge in [-0.15, -0.1) is 0 Å². The van der Waals surface area contributed by atoms with Crippen molar-refractivity contribution in [3.8, 4) is 0 Å². The average molecular weight is 288 g/mol. The summed E-state index contributed by atoms with van der Waals surface area (Å²) >= 11 is 0. The first-order valence-electron chi connectivity index (χ1n) is 8.52. The third-order valence-corrected chi connectivity index (χ3v) is 4.80. The Balaban J connectivity index is 1.51. The van der Waals surface area contributed by atoms with Crippen molar-refractivity contribution in [3.63, 3.8) is 0 Å². The first-order valence-corrected chi connectivity index (χ1v) is 8.52. The quantitative estimate of drug-likeness (QED) is 0.903. The van der Waals surface area contributed by atoms with Crippen LogP contribution in [0.2, 0.25) is 0 Å². The molecule has 116 valence electrons. The van der Waals surface area contributed by atoms with Gasteiger partial charge >= 0.3 is 0 Å². The van der Waals surface area contributed by atoms with E-state index in [1.165, 1.54) is 64.1 Å². The summed E-state index contributed by atoms with van der Waals surface area (Å²) < 4.78 is 0. The van der Waals surface area contributed by atoms with Crippen LogP contribution in [0.1, 0.15) is 32.6 Å². The highest BCUT2D eigenvalue weighted by atomic mass is 15.2. The second-order valence-corrected chi connectivity index (χ2v) is 6.37. The Bertz CT molecular complexity index is 434. The molecule has 21 heavy (non-hydrogen) atoms. The fourth-order valence-electron chi connectivity index (χ4n) is 3.60. The first-order chi connectivity index (χ1) is 10.3. The monoisotopic (exact) mass is 288 g/mol. The molecule has 2 fully saturated rings. The van der Waals surface area contributed by atoms with E-state index in [0.29, 0.717) is 0 Å². The van der Waals surface area contributed by atoms with Gasteiger partial charge in [-0.2, -0.15) is 0 Å². The van der Waals surface area contributed by atoms with Crippen molar-refractivity contribution < 1.29 is 0 Å². The maximum atomic E-state index is 4.36. The molecule has 0 radical (unpaired) electrons. The molecule has 0 atom stereocenters. The van der Waals surface area contributed by atoms with E-state index in [2.05, 4.69) is 39.2 Å². The average Bonchev–Trinajstić information content (AvgIpc) is 3.02. The van der Waals surface area contributed by atoms with E-state index in [-0.39, 0.29) is 0 Å². The molecule has 4 nitrogen and oxygen atoms in total. The molecule has 4 heteroatoms. The predicted molar refractivity (Wildman–Crippen MR) is 89.0 cm³/mol. The molecule has 3 heterocycles. The highest BCUT2D eigenvalue weighted by Gasteiger charge is 2.23. The molecule has 1 N–H and O–H groups in total. The standard InChI is InChI=1S/C17H28N4/c1-2-18-17-13-16(5-8-19-17)21-11-6-15(7-12-21)14-20-9-3-4-10-20/h5,8,13,15H,2-4,6-7,9-12,14H2,1H3,(H,18,19). The van der Waals surface area contributed by atoms with Gasteiger partial charge < -0.3 is 15.1 Å². The maximum Gasteiger partial charge on any atom is 0.127 e. The van der Waals surface area contributed by atoms with Crippen molar-refractivity contribution in [1.29, 1.82) is 0 Å². The van der Waals surface area contributed by atoms with Crippen molar-refractivity contribution in [2.75, 3.05) is 49.5 Å². The van der Waals surface area contributed by atoms with Crippen molar-refractivity contribution in [2.24, 2.45) is 5.92 Å². The van der Waals surface area contributed by atoms with Crippen LogP contribution in [-0.4, -0.2) is 49.2 Å². The van der Waals surface area contributed by atoms with Gasteiger partial charge in [-0.25, -0.2) is 4.98 Å². The molecule has 2 aliphatic rings. The number of aromatic nitrogens is 1. The summed E-state index contributed by atoms with van der Waals surface area (Å²) in [5.41, 5.74) is 1.32. The van der Waals surface area contributed by atoms with Crippen LogP contribution in [0.5, 0.6) is 0 Å². The second kappa shape index (κ2) is 7.12. The number of hydrogen-bond donors (Lipinski definition) is 1. The highest BCUT2D eigenvalue weighted by molar-refractivity contribution is 5.54. The molecule has 0 bridgehead atoms. The minimum atomic E-state index is 0.898. The van der Waals surface area contributed by atoms with Gasteiger partial charge in [0.15, 0.2) is 0 Å². The molecule has 1 aromatic rings. The number of piperidine rings is 1. The third-order valence-electron chi connectivity index (χ3n) is 4.80. The molecular formula is C17H28N4. The lowest BCUT2D eigenvalue weighted by Gasteiger charge is -2.35. The van der Waals surface area contributed by atoms with Crippen LogP contribution < -0.4 is 10.2 Å². The summed E-state index contributed by atoms with van der Waals surface area (Å²) in [6.45, 7) is 9.40. The zero-order valence-electron chi connectivity index (χ0n) is 13.2. The molecule has 2 aliphatic heterocycles. The van der Waals surface area contributed by atoms with E-state index < -0.39 is 0 Å². The smallest absolute Gasteiger partial charge is 0.127 e. The Labute approximate surface area is 128 Å². The Kier molecular flexibility index (Phi) is 4.96. The van der Waals surface area contributed by atoms with Gasteiger partial charge in [0, 0.05) is 44.1 Å². The topological polar surface area (TPSA) is 31.4 Å². The fourth-order valence-corrected chi connectivity index (χ4v) is 3.60. The summed E-state index contributed by atoms with van der Waals surface area (Å²) in [5.74, 6) is 1.89. The van der Waals surface area contributed by atoms with Gasteiger partial charge in [0.05, 0.1) is 0 Å². The predicted octanol–water partition coefficient (Wildman–Crippen LogP) is 2.83. The molecule has 0 aliphatic carbocycles. The van der Waals surface area contributed by atoms with Gasteiger partial charge in [0.2, 0.25) is 0 Å². The lowest BCUT2D eigenvalue weighted by Crippen LogP contribution is -2.38. The van der Waals surface area contributed by atoms with Crippen LogP contribution in [0.3, 0.4) is 0 Å². The molecule has 3 rings (SSSR count). The third kappa shape index (κ3) is 3.88. The minimum Gasteiger partial charge on any atom is -0.371 e. The van der Waals surface area contributed by atoms with Gasteiger partial charge in [-0.1, -0.05) is 0 Å². The minimum absolute atomic E-state index is 0.898. The number of anilines is 2. The van der Waals surface area contributed by atoms with E-state index in [0.717, 1.165) is 18.3 Å². The van der Waals surface area contributed by atoms with E-state index in [4.69, 9.17) is 0 Å². The van der Waals surface area contributed by atoms with Gasteiger partial charge in [0.25, 0.3) is 0 Å². The summed E-state index contributed by atoms with van der Waals surface area (Å²) in [4.78, 5) is 9.54. The summed E-state index contributed by atoms with van der Waals surface area (Å²) in [5, 5.41) is 3.30. The highest BCUT2D eigenvalue weighted by Crippen LogP contribution is 2.25. The number of rotatable bonds is 5. The molecule has 0 unspecified atom stereocenters. The first kappa shape index (κ1) is 14.6. The lowest BCUT2D eigenvalue weighted by atomic mass is 9.96. The second-order valence-electron chi connectivity index (χ2n) is 6.37. The SMILES string of the molecule is CCNc1cc(N2CCC(CN3CCCC3)CC2)ccn1. The van der Waals surface area contributed by atoms with Crippen LogP contribution in [0, 0.1) is 5.92 Å². The molecule has 2 saturated heterocycles. The molecule has 0 aromatic carbocycles. The Morgan fingerprint density at radius 1 is 1.19 bits per heavy atom. The molecule has 0 spiro atoms. The zero-order chi connectivity index (χ0) is 14.5. The molecule has 0 amide bonds. The lowest BCUT2D eigenvalue weighted by molar-refractivity contribution is 0.249. The van der Waals surface area contributed by atoms with E-state index in [9.17, 15) is 0 Å². The van der Waals surface area contributed by atoms with Crippen molar-refractivity contribution in [2.45, 2.75) is 32.6 Å². The Morgan fingerprint density at radius 2 is 1.95 bits per heavy atom. The van der Waals surface area contributed by atoms with E-state index in [1.807, 2.05) is 6.20 Å². The number of pyridine rings is 1. The molecular weight excluding hydrogens is 260 g/mol. The number of likely N-dealkylation sites (tertiary alicyclic amines) is 1. The van der Waals surface area contributed by atoms with Crippen LogP contribution in [-0.2, 0) is 0 Å². The number of hydrogen-bond acceptors (Lipinski definition) is 4. The van der Waals surface area contributed by atoms with E-state index in [1.54, 1.807) is 0 Å². The summed E-state index contributed by atoms with van der Waals surface area (Å²) in [6, 6.07) is 4.33. The summed E-state index contributed by atoms with van der Waals surface area (Å²) in [6.07, 6.45) is 7.39.